The smallest absolute Gasteiger partial charge is 0.273 e. The second-order valence-electron chi connectivity index (χ2n) is 7.68. The van der Waals surface area contributed by atoms with E-state index in [1.165, 1.54) is 0 Å². The Morgan fingerprint density at radius 1 is 1.10 bits per heavy atom. The van der Waals surface area contributed by atoms with Crippen LogP contribution in [-0.4, -0.2) is 52.3 Å². The monoisotopic (exact) mass is 416 g/mol. The molecule has 0 spiro atoms. The van der Waals surface area contributed by atoms with Crippen LogP contribution in [0.1, 0.15) is 45.4 Å². The van der Waals surface area contributed by atoms with Crippen molar-refractivity contribution in [2.24, 2.45) is 5.73 Å². The van der Waals surface area contributed by atoms with E-state index >= 15 is 0 Å². The van der Waals surface area contributed by atoms with Crippen LogP contribution in [0.15, 0.2) is 54.9 Å². The van der Waals surface area contributed by atoms with Gasteiger partial charge < -0.3 is 15.5 Å². The summed E-state index contributed by atoms with van der Waals surface area (Å²) in [4.78, 5) is 41.8. The number of anilines is 1. The SMILES string of the molecule is CN(C)c1ncc(-c2ccc(C(N)=O)cc2)c(C2CCCN2C(=O)c2ccccn2)n1. The zero-order chi connectivity index (χ0) is 22.0. The summed E-state index contributed by atoms with van der Waals surface area (Å²) < 4.78 is 0. The molecule has 4 rings (SSSR count). The van der Waals surface area contributed by atoms with Crippen molar-refractivity contribution in [3.8, 4) is 11.1 Å². The maximum Gasteiger partial charge on any atom is 0.273 e. The Labute approximate surface area is 180 Å². The lowest BCUT2D eigenvalue weighted by molar-refractivity contribution is 0.0727. The third-order valence-electron chi connectivity index (χ3n) is 5.40. The van der Waals surface area contributed by atoms with Gasteiger partial charge in [-0.15, -0.1) is 0 Å². The summed E-state index contributed by atoms with van der Waals surface area (Å²) >= 11 is 0. The van der Waals surface area contributed by atoms with E-state index in [0.29, 0.717) is 23.8 Å². The second-order valence-corrected chi connectivity index (χ2v) is 7.68. The lowest BCUT2D eigenvalue weighted by Gasteiger charge is -2.26. The minimum Gasteiger partial charge on any atom is -0.366 e. The van der Waals surface area contributed by atoms with Gasteiger partial charge in [-0.2, -0.15) is 0 Å². The highest BCUT2D eigenvalue weighted by molar-refractivity contribution is 5.94. The zero-order valence-corrected chi connectivity index (χ0v) is 17.5. The number of hydrogen-bond donors (Lipinski definition) is 1. The standard InChI is InChI=1S/C23H24N6O2/c1-28(2)23-26-14-17(15-8-10-16(11-9-15)21(24)30)20(27-23)19-7-5-13-29(19)22(31)18-6-3-4-12-25-18/h3-4,6,8-12,14,19H,5,7,13H2,1-2H3,(H2,24,30). The lowest BCUT2D eigenvalue weighted by Crippen LogP contribution is -2.32. The van der Waals surface area contributed by atoms with Crippen LogP contribution >= 0.6 is 0 Å². The van der Waals surface area contributed by atoms with Gasteiger partial charge in [-0.3, -0.25) is 14.6 Å². The fourth-order valence-electron chi connectivity index (χ4n) is 3.82. The van der Waals surface area contributed by atoms with Crippen LogP contribution < -0.4 is 10.6 Å². The predicted molar refractivity (Wildman–Crippen MR) is 118 cm³/mol. The van der Waals surface area contributed by atoms with Crippen molar-refractivity contribution in [1.82, 2.24) is 19.9 Å². The van der Waals surface area contributed by atoms with Crippen molar-refractivity contribution in [3.63, 3.8) is 0 Å². The molecule has 1 fully saturated rings. The van der Waals surface area contributed by atoms with Gasteiger partial charge in [-0.25, -0.2) is 9.97 Å². The number of likely N-dealkylation sites (tertiary alicyclic amines) is 1. The van der Waals surface area contributed by atoms with Crippen LogP contribution in [-0.2, 0) is 0 Å². The van der Waals surface area contributed by atoms with E-state index in [4.69, 9.17) is 10.7 Å². The molecule has 1 aliphatic rings. The summed E-state index contributed by atoms with van der Waals surface area (Å²) in [6.07, 6.45) is 5.08. The van der Waals surface area contributed by atoms with Crippen molar-refractivity contribution < 1.29 is 9.59 Å². The molecule has 31 heavy (non-hydrogen) atoms. The van der Waals surface area contributed by atoms with Gasteiger partial charge in [0.15, 0.2) is 0 Å². The van der Waals surface area contributed by atoms with Gasteiger partial charge in [0.2, 0.25) is 11.9 Å². The van der Waals surface area contributed by atoms with Gasteiger partial charge in [0.1, 0.15) is 5.69 Å². The molecule has 2 aromatic heterocycles. The normalized spacial score (nSPS) is 15.7. The largest absolute Gasteiger partial charge is 0.366 e. The molecular formula is C23H24N6O2. The van der Waals surface area contributed by atoms with Gasteiger partial charge in [0.05, 0.1) is 11.7 Å². The Bertz CT molecular complexity index is 1100. The number of hydrogen-bond acceptors (Lipinski definition) is 6. The van der Waals surface area contributed by atoms with Crippen molar-refractivity contribution in [1.29, 1.82) is 0 Å². The van der Waals surface area contributed by atoms with Gasteiger partial charge in [0.25, 0.3) is 5.91 Å². The summed E-state index contributed by atoms with van der Waals surface area (Å²) in [7, 11) is 3.76. The second kappa shape index (κ2) is 8.51. The highest BCUT2D eigenvalue weighted by Crippen LogP contribution is 2.37. The molecule has 8 nitrogen and oxygen atoms in total. The first-order valence-corrected chi connectivity index (χ1v) is 10.1. The molecule has 158 valence electrons. The van der Waals surface area contributed by atoms with E-state index in [1.54, 1.807) is 36.7 Å². The number of nitrogens with two attached hydrogens (primary N) is 1. The topological polar surface area (TPSA) is 105 Å². The summed E-state index contributed by atoms with van der Waals surface area (Å²) in [5.41, 5.74) is 8.70. The van der Waals surface area contributed by atoms with Crippen LogP contribution in [0.5, 0.6) is 0 Å². The molecule has 3 aromatic rings. The fraction of sp³-hybridized carbons (Fsp3) is 0.261. The molecule has 2 N–H and O–H groups in total. The molecule has 0 saturated carbocycles. The number of aromatic nitrogens is 3. The Kier molecular flexibility index (Phi) is 5.62. The zero-order valence-electron chi connectivity index (χ0n) is 17.5. The average molecular weight is 416 g/mol. The first-order valence-electron chi connectivity index (χ1n) is 10.1. The van der Waals surface area contributed by atoms with E-state index in [1.807, 2.05) is 42.1 Å². The Morgan fingerprint density at radius 3 is 2.52 bits per heavy atom. The fourth-order valence-corrected chi connectivity index (χ4v) is 3.82. The molecule has 1 saturated heterocycles. The van der Waals surface area contributed by atoms with Gasteiger partial charge in [0, 0.05) is 44.2 Å². The highest BCUT2D eigenvalue weighted by atomic mass is 16.2. The molecule has 1 unspecified atom stereocenters. The van der Waals surface area contributed by atoms with Crippen LogP contribution in [0, 0.1) is 0 Å². The van der Waals surface area contributed by atoms with Crippen molar-refractivity contribution in [2.45, 2.75) is 18.9 Å². The first kappa shape index (κ1) is 20.5. The molecule has 1 aliphatic heterocycles. The first-order chi connectivity index (χ1) is 15.0. The predicted octanol–water partition coefficient (Wildman–Crippen LogP) is 2.68. The van der Waals surface area contributed by atoms with Crippen molar-refractivity contribution in [3.05, 3.63) is 71.8 Å². The quantitative estimate of drug-likeness (QED) is 0.686. The third-order valence-corrected chi connectivity index (χ3v) is 5.40. The third kappa shape index (κ3) is 4.09. The van der Waals surface area contributed by atoms with Crippen LogP contribution in [0.3, 0.4) is 0 Å². The van der Waals surface area contributed by atoms with E-state index in [2.05, 4.69) is 9.97 Å². The molecule has 1 aromatic carbocycles. The summed E-state index contributed by atoms with van der Waals surface area (Å²) in [5, 5.41) is 0. The number of pyridine rings is 1. The number of nitrogens with zero attached hydrogens (tertiary/aromatic N) is 5. The van der Waals surface area contributed by atoms with Crippen LogP contribution in [0.4, 0.5) is 5.95 Å². The Balaban J connectivity index is 1.77. The Hall–Kier alpha value is -3.81. The molecule has 1 atom stereocenters. The number of rotatable bonds is 5. The molecule has 2 amide bonds. The number of primary amides is 1. The van der Waals surface area contributed by atoms with Crippen LogP contribution in [0.25, 0.3) is 11.1 Å². The Morgan fingerprint density at radius 2 is 1.87 bits per heavy atom. The van der Waals surface area contributed by atoms with Crippen molar-refractivity contribution >= 4 is 17.8 Å². The van der Waals surface area contributed by atoms with Gasteiger partial charge in [-0.1, -0.05) is 18.2 Å². The number of benzene rings is 1. The molecule has 0 aliphatic carbocycles. The number of carbonyl (C=O) groups is 2. The van der Waals surface area contributed by atoms with Gasteiger partial charge in [-0.05, 0) is 42.7 Å². The molecule has 3 heterocycles. The van der Waals surface area contributed by atoms with Crippen LogP contribution in [0.2, 0.25) is 0 Å². The minimum absolute atomic E-state index is 0.108. The average Bonchev–Trinajstić information content (AvgIpc) is 3.28. The van der Waals surface area contributed by atoms with Crippen molar-refractivity contribution in [2.75, 3.05) is 25.5 Å². The summed E-state index contributed by atoms with van der Waals surface area (Å²) in [5.74, 6) is -0.0123. The molecule has 0 radical (unpaired) electrons. The summed E-state index contributed by atoms with van der Waals surface area (Å²) in [6, 6.07) is 12.2. The van der Waals surface area contributed by atoms with E-state index in [0.717, 1.165) is 29.7 Å². The van der Waals surface area contributed by atoms with E-state index in [-0.39, 0.29) is 11.9 Å². The van der Waals surface area contributed by atoms with E-state index < -0.39 is 5.91 Å². The highest BCUT2D eigenvalue weighted by Gasteiger charge is 2.34. The molecule has 8 heteroatoms. The lowest BCUT2D eigenvalue weighted by atomic mass is 9.98. The minimum atomic E-state index is -0.478. The molecule has 0 bridgehead atoms. The maximum atomic E-state index is 13.2. The number of amides is 2. The summed E-state index contributed by atoms with van der Waals surface area (Å²) in [6.45, 7) is 0.640. The number of carbonyl (C=O) groups excluding carboxylic acids is 2. The van der Waals surface area contributed by atoms with Gasteiger partial charge >= 0.3 is 0 Å². The molecular weight excluding hydrogens is 392 g/mol. The maximum absolute atomic E-state index is 13.2. The van der Waals surface area contributed by atoms with E-state index in [9.17, 15) is 9.59 Å².